The molecule has 1 N–H and O–H groups in total. The van der Waals surface area contributed by atoms with Crippen LogP contribution in [0, 0.1) is 5.82 Å². The maximum absolute atomic E-state index is 14.9. The summed E-state index contributed by atoms with van der Waals surface area (Å²) in [4.78, 5) is 26.0. The molecule has 0 saturated heterocycles. The number of hydrogen-bond acceptors (Lipinski definition) is 5. The number of nitrogens with zero attached hydrogens (tertiary/aromatic N) is 5. The zero-order valence-corrected chi connectivity index (χ0v) is 20.1. The molecule has 186 valence electrons. The van der Waals surface area contributed by atoms with Crippen molar-refractivity contribution in [1.82, 2.24) is 19.1 Å². The lowest BCUT2D eigenvalue weighted by molar-refractivity contribution is 0.146. The normalized spacial score (nSPS) is 14.4. The molecule has 3 aliphatic heterocycles. The highest BCUT2D eigenvalue weighted by molar-refractivity contribution is 5.81. The van der Waals surface area contributed by atoms with Crippen LogP contribution in [0.3, 0.4) is 0 Å². The van der Waals surface area contributed by atoms with Crippen molar-refractivity contribution in [2.24, 2.45) is 12.0 Å². The van der Waals surface area contributed by atoms with Gasteiger partial charge in [0.1, 0.15) is 23.3 Å². The number of fused-ring (bicyclic) bond motifs is 3. The Morgan fingerprint density at radius 3 is 2.64 bits per heavy atom. The number of hydrogen-bond donors (Lipinski definition) is 1. The van der Waals surface area contributed by atoms with Gasteiger partial charge >= 0.3 is 0 Å². The zero-order valence-electron chi connectivity index (χ0n) is 20.1. The van der Waals surface area contributed by atoms with E-state index in [2.05, 4.69) is 14.9 Å². The lowest BCUT2D eigenvalue weighted by atomic mass is 10.0. The minimum Gasteiger partial charge on any atom is -0.369 e. The second-order valence-corrected chi connectivity index (χ2v) is 8.76. The number of halogens is 3. The van der Waals surface area contributed by atoms with Crippen LogP contribution in [0.25, 0.3) is 22.5 Å². The van der Waals surface area contributed by atoms with Crippen LogP contribution in [0.15, 0.2) is 52.4 Å². The Labute approximate surface area is 205 Å². The van der Waals surface area contributed by atoms with Gasteiger partial charge in [0.2, 0.25) is 5.56 Å². The summed E-state index contributed by atoms with van der Waals surface area (Å²) in [5.74, 6) is 1.18. The van der Waals surface area contributed by atoms with Gasteiger partial charge in [0, 0.05) is 55.5 Å². The summed E-state index contributed by atoms with van der Waals surface area (Å²) in [5.41, 5.74) is 1.99. The number of alkyl halides is 2. The van der Waals surface area contributed by atoms with Crippen LogP contribution in [-0.4, -0.2) is 25.6 Å². The number of benzene rings is 1. The fourth-order valence-electron chi connectivity index (χ4n) is 4.53. The van der Waals surface area contributed by atoms with Crippen molar-refractivity contribution < 1.29 is 13.2 Å². The Hall–Kier alpha value is -3.95. The highest BCUT2D eigenvalue weighted by atomic mass is 19.3. The number of nitrogens with one attached hydrogen (secondary N) is 1. The summed E-state index contributed by atoms with van der Waals surface area (Å²) in [6, 6.07) is 8.38. The van der Waals surface area contributed by atoms with Crippen molar-refractivity contribution in [2.75, 3.05) is 11.9 Å². The van der Waals surface area contributed by atoms with Crippen LogP contribution < -0.4 is 16.4 Å². The Bertz CT molecular complexity index is 1560. The molecule has 0 fully saturated rings. The molecule has 0 spiro atoms. The number of aryl methyl sites for hydroxylation is 2. The van der Waals surface area contributed by atoms with Crippen molar-refractivity contribution in [3.63, 3.8) is 0 Å². The minimum absolute atomic E-state index is 0.0753. The number of pyridine rings is 2. The molecule has 5 rings (SSSR count). The second kappa shape index (κ2) is 9.25. The molecule has 7 nitrogen and oxygen atoms in total. The maximum Gasteiger partial charge on any atom is 0.266 e. The summed E-state index contributed by atoms with van der Waals surface area (Å²) in [5, 5.41) is 3.41. The monoisotopic (exact) mass is 494 g/mol. The van der Waals surface area contributed by atoms with Gasteiger partial charge in [-0.15, -0.1) is 0 Å². The Morgan fingerprint density at radius 2 is 1.92 bits per heavy atom. The van der Waals surface area contributed by atoms with Crippen LogP contribution in [0.1, 0.15) is 43.3 Å². The van der Waals surface area contributed by atoms with E-state index in [-0.39, 0.29) is 11.1 Å². The number of rotatable bonds is 5. The lowest BCUT2D eigenvalue weighted by Crippen LogP contribution is -2.22. The van der Waals surface area contributed by atoms with E-state index in [1.54, 1.807) is 26.2 Å². The molecular formula is C26H25F3N6O. The molecule has 3 aliphatic rings. The molecule has 0 unspecified atom stereocenters. The average Bonchev–Trinajstić information content (AvgIpc) is 3.35. The average molecular weight is 495 g/mol. The lowest BCUT2D eigenvalue weighted by Gasteiger charge is -2.19. The Balaban J connectivity index is 1.75. The maximum atomic E-state index is 14.9. The largest absolute Gasteiger partial charge is 0.369 e. The van der Waals surface area contributed by atoms with Crippen molar-refractivity contribution in [3.05, 3.63) is 81.2 Å². The quantitative estimate of drug-likeness (QED) is 0.444. The van der Waals surface area contributed by atoms with Gasteiger partial charge in [0.15, 0.2) is 5.49 Å². The first-order chi connectivity index (χ1) is 17.3. The summed E-state index contributed by atoms with van der Waals surface area (Å²) in [7, 11) is 1.69. The van der Waals surface area contributed by atoms with Gasteiger partial charge in [-0.2, -0.15) is 0 Å². The molecule has 1 atom stereocenters. The van der Waals surface area contributed by atoms with Gasteiger partial charge in [0.25, 0.3) is 6.43 Å². The fraction of sp³-hybridized carbons (Fsp3) is 0.308. The Kier molecular flexibility index (Phi) is 6.11. The van der Waals surface area contributed by atoms with Crippen molar-refractivity contribution in [2.45, 2.75) is 39.3 Å². The molecular weight excluding hydrogens is 469 g/mol. The van der Waals surface area contributed by atoms with Gasteiger partial charge < -0.3 is 14.5 Å². The zero-order chi connectivity index (χ0) is 25.6. The third-order valence-corrected chi connectivity index (χ3v) is 6.42. The summed E-state index contributed by atoms with van der Waals surface area (Å²) >= 11 is 0. The Morgan fingerprint density at radius 1 is 1.14 bits per heavy atom. The van der Waals surface area contributed by atoms with Crippen molar-refractivity contribution in [1.29, 1.82) is 0 Å². The molecule has 1 aromatic heterocycles. The van der Waals surface area contributed by atoms with Crippen LogP contribution in [0.2, 0.25) is 0 Å². The van der Waals surface area contributed by atoms with E-state index >= 15 is 0 Å². The predicted molar refractivity (Wildman–Crippen MR) is 131 cm³/mol. The number of anilines is 1. The second-order valence-electron chi connectivity index (χ2n) is 8.76. The summed E-state index contributed by atoms with van der Waals surface area (Å²) in [6.07, 6.45) is -0.594. The van der Waals surface area contributed by atoms with Crippen LogP contribution in [0.4, 0.5) is 19.0 Å². The van der Waals surface area contributed by atoms with Gasteiger partial charge in [-0.25, -0.2) is 23.1 Å². The predicted octanol–water partition coefficient (Wildman–Crippen LogP) is 4.48. The molecule has 10 heteroatoms. The molecule has 0 bridgehead atoms. The van der Waals surface area contributed by atoms with Gasteiger partial charge in [0.05, 0.1) is 17.2 Å². The standard InChI is InChI=1S/C26H25F3N6O/c1-4-20-32-24(31-14(2)16-6-5-7-17(22(16)27)23(28)29)19-12-18(15-8-9-21(36)34(3)13-15)25-30-10-11-35(25)26(19)33-20/h5-9,12-14,23,30H,4,10-11H2,1-3H3/t14-/m1/s1. The fourth-order valence-corrected chi connectivity index (χ4v) is 4.53. The summed E-state index contributed by atoms with van der Waals surface area (Å²) < 4.78 is 45.0. The highest BCUT2D eigenvalue weighted by Crippen LogP contribution is 2.36. The smallest absolute Gasteiger partial charge is 0.266 e. The van der Waals surface area contributed by atoms with E-state index in [4.69, 9.17) is 9.98 Å². The van der Waals surface area contributed by atoms with E-state index in [1.165, 1.54) is 22.8 Å². The first kappa shape index (κ1) is 23.8. The molecule has 0 radical (unpaired) electrons. The topological polar surface area (TPSA) is 77.1 Å². The molecule has 4 heterocycles. The number of aromatic nitrogens is 4. The van der Waals surface area contributed by atoms with Gasteiger partial charge in [-0.1, -0.05) is 25.1 Å². The SMILES string of the molecule is CCc1nc2n3c(c(-c4ccc(=O)n(C)c4)cc-2c(=N[C@H](C)c2cccc(C(F)F)c2F)n1)NCC3. The van der Waals surface area contributed by atoms with E-state index in [0.717, 1.165) is 23.0 Å². The van der Waals surface area contributed by atoms with Crippen LogP contribution in [-0.2, 0) is 20.0 Å². The molecule has 36 heavy (non-hydrogen) atoms. The van der Waals surface area contributed by atoms with E-state index in [9.17, 15) is 18.0 Å². The van der Waals surface area contributed by atoms with Crippen molar-refractivity contribution in [3.8, 4) is 22.5 Å². The minimum atomic E-state index is -2.92. The third-order valence-electron chi connectivity index (χ3n) is 6.42. The van der Waals surface area contributed by atoms with Crippen LogP contribution in [0.5, 0.6) is 0 Å². The van der Waals surface area contributed by atoms with Crippen molar-refractivity contribution >= 4 is 5.82 Å². The molecule has 0 aliphatic carbocycles. The van der Waals surface area contributed by atoms with E-state index in [1.807, 2.05) is 13.0 Å². The van der Waals surface area contributed by atoms with Crippen LogP contribution >= 0.6 is 0 Å². The molecule has 0 saturated carbocycles. The molecule has 2 aromatic rings. The summed E-state index contributed by atoms with van der Waals surface area (Å²) in [6.45, 7) is 4.97. The van der Waals surface area contributed by atoms with Gasteiger partial charge in [-0.05, 0) is 19.1 Å². The third kappa shape index (κ3) is 4.06. The molecule has 0 amide bonds. The van der Waals surface area contributed by atoms with Gasteiger partial charge in [-0.3, -0.25) is 9.79 Å². The van der Waals surface area contributed by atoms with E-state index < -0.39 is 23.8 Å². The first-order valence-electron chi connectivity index (χ1n) is 11.7. The van der Waals surface area contributed by atoms with E-state index in [0.29, 0.717) is 42.2 Å². The first-order valence-corrected chi connectivity index (χ1v) is 11.7. The highest BCUT2D eigenvalue weighted by Gasteiger charge is 2.25. The molecule has 1 aromatic carbocycles.